The Balaban J connectivity index is 1.20. The lowest BCUT2D eigenvalue weighted by molar-refractivity contribution is -0.176. The molecule has 6 aromatic carbocycles. The van der Waals surface area contributed by atoms with Gasteiger partial charge in [0.1, 0.15) is 82.3 Å². The molecule has 4 aliphatic heterocycles. The smallest absolute Gasteiger partial charge is 0.161 e. The molecule has 18 nitrogen and oxygen atoms in total. The average Bonchev–Trinajstić information content (AvgIpc) is 3.43. The highest BCUT2D eigenvalue weighted by Gasteiger charge is 2.53. The Labute approximate surface area is 421 Å². The minimum Gasteiger partial charge on any atom is -0.496 e. The van der Waals surface area contributed by atoms with Gasteiger partial charge in [-0.25, -0.2) is 0 Å². The van der Waals surface area contributed by atoms with Crippen molar-refractivity contribution in [2.24, 2.45) is 0 Å². The molecule has 0 amide bonds. The SMILES string of the molecule is COc1cc(OC)c2c(c1)OC(c1ccc(OC)c(OC)c1)C(O)C2OC1c2c(OC)cc3c(c2OC(c2ccc(OC)c(OC)c2)C1O)C1c2c(cc(OC)cc2OC(c2ccc(OC)c(OC)c2)C1O)O3. The van der Waals surface area contributed by atoms with Crippen LogP contribution in [0.2, 0.25) is 0 Å². The summed E-state index contributed by atoms with van der Waals surface area (Å²) < 4.78 is 91.8. The number of methoxy groups -OCH3 is 10. The number of aliphatic hydroxyl groups excluding tert-OH is 3. The lowest BCUT2D eigenvalue weighted by atomic mass is 9.76. The van der Waals surface area contributed by atoms with E-state index in [4.69, 9.17) is 71.1 Å². The van der Waals surface area contributed by atoms with Gasteiger partial charge in [0.15, 0.2) is 52.8 Å². The Morgan fingerprint density at radius 3 is 1.22 bits per heavy atom. The number of aliphatic hydroxyl groups is 3. The highest BCUT2D eigenvalue weighted by atomic mass is 16.6. The first kappa shape index (κ1) is 49.0. The van der Waals surface area contributed by atoms with Crippen molar-refractivity contribution in [2.45, 2.75) is 54.7 Å². The number of hydrogen-bond donors (Lipinski definition) is 3. The van der Waals surface area contributed by atoms with Crippen LogP contribution in [0.15, 0.2) is 84.9 Å². The predicted octanol–water partition coefficient (Wildman–Crippen LogP) is 8.29. The van der Waals surface area contributed by atoms with Gasteiger partial charge in [0.05, 0.1) is 88.1 Å². The lowest BCUT2D eigenvalue weighted by Gasteiger charge is -2.46. The van der Waals surface area contributed by atoms with E-state index in [0.717, 1.165) is 0 Å². The number of rotatable bonds is 15. The molecule has 384 valence electrons. The van der Waals surface area contributed by atoms with E-state index < -0.39 is 54.7 Å². The molecule has 6 aromatic rings. The topological polar surface area (TPSA) is 199 Å². The molecule has 0 saturated heterocycles. The Kier molecular flexibility index (Phi) is 13.3. The first-order valence-corrected chi connectivity index (χ1v) is 23.2. The highest BCUT2D eigenvalue weighted by molar-refractivity contribution is 5.71. The van der Waals surface area contributed by atoms with E-state index in [0.29, 0.717) is 90.9 Å². The van der Waals surface area contributed by atoms with Crippen molar-refractivity contribution in [3.05, 3.63) is 124 Å². The van der Waals surface area contributed by atoms with Crippen LogP contribution in [-0.4, -0.2) is 105 Å². The van der Waals surface area contributed by atoms with Crippen LogP contribution in [0.25, 0.3) is 0 Å². The predicted molar refractivity (Wildman–Crippen MR) is 261 cm³/mol. The minimum absolute atomic E-state index is 0.175. The van der Waals surface area contributed by atoms with Crippen molar-refractivity contribution in [1.29, 1.82) is 0 Å². The van der Waals surface area contributed by atoms with Gasteiger partial charge in [0, 0.05) is 41.5 Å². The largest absolute Gasteiger partial charge is 0.496 e. The van der Waals surface area contributed by atoms with Crippen molar-refractivity contribution in [1.82, 2.24) is 0 Å². The summed E-state index contributed by atoms with van der Waals surface area (Å²) in [5.41, 5.74) is 3.08. The Morgan fingerprint density at radius 2 is 0.740 bits per heavy atom. The Hall–Kier alpha value is -7.64. The monoisotopic (exact) mass is 1000 g/mol. The fourth-order valence-electron chi connectivity index (χ4n) is 10.4. The minimum atomic E-state index is -1.53. The molecular weight excluding hydrogens is 949 g/mol. The molecule has 0 saturated carbocycles. The van der Waals surface area contributed by atoms with Crippen LogP contribution in [-0.2, 0) is 4.74 Å². The normalized spacial score (nSPS) is 22.9. The molecule has 4 aliphatic rings. The Bertz CT molecular complexity index is 3050. The average molecular weight is 1010 g/mol. The van der Waals surface area contributed by atoms with Crippen molar-refractivity contribution in [2.75, 3.05) is 71.1 Å². The number of fused-ring (bicyclic) bond motifs is 5. The van der Waals surface area contributed by atoms with Crippen molar-refractivity contribution in [3.8, 4) is 86.2 Å². The molecule has 73 heavy (non-hydrogen) atoms. The zero-order valence-corrected chi connectivity index (χ0v) is 41.7. The molecule has 4 heterocycles. The molecule has 10 rings (SSSR count). The summed E-state index contributed by atoms with van der Waals surface area (Å²) in [5.74, 6) is 4.49. The molecule has 0 spiro atoms. The highest BCUT2D eigenvalue weighted by Crippen LogP contribution is 2.64. The van der Waals surface area contributed by atoms with Crippen LogP contribution in [0.1, 0.15) is 75.4 Å². The van der Waals surface area contributed by atoms with E-state index >= 15 is 0 Å². The summed E-state index contributed by atoms with van der Waals surface area (Å²) in [6, 6.07) is 24.1. The third-order valence-electron chi connectivity index (χ3n) is 13.9. The molecule has 18 heteroatoms. The van der Waals surface area contributed by atoms with E-state index in [1.165, 1.54) is 64.0 Å². The van der Waals surface area contributed by atoms with Gasteiger partial charge in [0.2, 0.25) is 0 Å². The van der Waals surface area contributed by atoms with Crippen LogP contribution >= 0.6 is 0 Å². The lowest BCUT2D eigenvalue weighted by Crippen LogP contribution is -2.42. The molecule has 0 aliphatic carbocycles. The van der Waals surface area contributed by atoms with Gasteiger partial charge in [0.25, 0.3) is 0 Å². The second-order valence-corrected chi connectivity index (χ2v) is 17.5. The molecule has 0 bridgehead atoms. The molecule has 0 radical (unpaired) electrons. The van der Waals surface area contributed by atoms with Crippen molar-refractivity contribution in [3.63, 3.8) is 0 Å². The third kappa shape index (κ3) is 8.14. The Morgan fingerprint density at radius 1 is 0.342 bits per heavy atom. The maximum Gasteiger partial charge on any atom is 0.161 e. The van der Waals surface area contributed by atoms with Crippen molar-refractivity contribution >= 4 is 0 Å². The first-order chi connectivity index (χ1) is 35.4. The summed E-state index contributed by atoms with van der Waals surface area (Å²) in [7, 11) is 15.1. The fourth-order valence-corrected chi connectivity index (χ4v) is 10.4. The van der Waals surface area contributed by atoms with Gasteiger partial charge in [-0.3, -0.25) is 0 Å². The number of benzene rings is 6. The van der Waals surface area contributed by atoms with Gasteiger partial charge in [-0.2, -0.15) is 0 Å². The first-order valence-electron chi connectivity index (χ1n) is 23.2. The molecular formula is C55H56O18. The maximum absolute atomic E-state index is 13.0. The van der Waals surface area contributed by atoms with Crippen LogP contribution < -0.4 is 66.3 Å². The standard InChI is InChI=1S/C55H56O18/c1-59-28-20-36(67-9)43-40(23-28)71-51(26-12-15-31(62-4)34(18-26)65-7)48(57)54(43)73-55-45-37(68-10)24-41-44(53(45)72-52(49(55)58)27-13-16-32(63-5)35(19-27)66-8)46-42-38(69-41)21-29(60-2)22-39(42)70-50(47(46)56)25-11-14-30(61-3)33(17-25)64-6/h11-24,46-52,54-58H,1-10H3. The zero-order valence-electron chi connectivity index (χ0n) is 41.7. The van der Waals surface area contributed by atoms with Gasteiger partial charge in [-0.05, 0) is 53.1 Å². The van der Waals surface area contributed by atoms with E-state index in [1.54, 1.807) is 92.0 Å². The molecule has 0 fully saturated rings. The summed E-state index contributed by atoms with van der Waals surface area (Å²) in [5, 5.41) is 38.8. The summed E-state index contributed by atoms with van der Waals surface area (Å²) in [6.07, 6.45) is -10.3. The zero-order chi connectivity index (χ0) is 51.4. The van der Waals surface area contributed by atoms with Crippen LogP contribution in [0.3, 0.4) is 0 Å². The second-order valence-electron chi connectivity index (χ2n) is 17.5. The summed E-state index contributed by atoms with van der Waals surface area (Å²) in [4.78, 5) is 0. The van der Waals surface area contributed by atoms with E-state index in [2.05, 4.69) is 0 Å². The molecule has 9 unspecified atom stereocenters. The molecule has 9 atom stereocenters. The summed E-state index contributed by atoms with van der Waals surface area (Å²) >= 11 is 0. The van der Waals surface area contributed by atoms with E-state index in [-0.39, 0.29) is 34.3 Å². The van der Waals surface area contributed by atoms with Gasteiger partial charge >= 0.3 is 0 Å². The van der Waals surface area contributed by atoms with Crippen LogP contribution in [0.5, 0.6) is 86.2 Å². The number of hydrogen-bond acceptors (Lipinski definition) is 18. The van der Waals surface area contributed by atoms with Gasteiger partial charge in [-0.15, -0.1) is 0 Å². The quantitative estimate of drug-likeness (QED) is 0.0887. The van der Waals surface area contributed by atoms with Crippen molar-refractivity contribution < 1.29 is 86.4 Å². The van der Waals surface area contributed by atoms with Gasteiger partial charge < -0.3 is 86.4 Å². The van der Waals surface area contributed by atoms with E-state index in [9.17, 15) is 15.3 Å². The molecule has 3 N–H and O–H groups in total. The number of ether oxygens (including phenoxy) is 15. The van der Waals surface area contributed by atoms with E-state index in [1.807, 2.05) is 0 Å². The maximum atomic E-state index is 13.0. The fraction of sp³-hybridized carbons (Fsp3) is 0.345. The third-order valence-corrected chi connectivity index (χ3v) is 13.9. The van der Waals surface area contributed by atoms with Crippen LogP contribution in [0.4, 0.5) is 0 Å². The second kappa shape index (κ2) is 19.8. The van der Waals surface area contributed by atoms with Crippen LogP contribution in [0, 0.1) is 0 Å². The summed E-state index contributed by atoms with van der Waals surface area (Å²) in [6.45, 7) is 0. The van der Waals surface area contributed by atoms with Gasteiger partial charge in [-0.1, -0.05) is 18.2 Å². The molecule has 0 aromatic heterocycles.